The molecule has 0 spiro atoms. The predicted octanol–water partition coefficient (Wildman–Crippen LogP) is 4.77. The molecule has 30 heavy (non-hydrogen) atoms. The molecule has 0 fully saturated rings. The number of Topliss-reactive ketones (excluding diaryl/α,β-unsaturated/α-hetero) is 1. The van der Waals surface area contributed by atoms with E-state index in [0.29, 0.717) is 30.2 Å². The van der Waals surface area contributed by atoms with Crippen LogP contribution in [0.4, 0.5) is 0 Å². The van der Waals surface area contributed by atoms with Gasteiger partial charge >= 0.3 is 0 Å². The lowest BCUT2D eigenvalue weighted by atomic mass is 9.91. The highest BCUT2D eigenvalue weighted by atomic mass is 35.5. The molecule has 0 bridgehead atoms. The van der Waals surface area contributed by atoms with Gasteiger partial charge in [-0.2, -0.15) is 0 Å². The van der Waals surface area contributed by atoms with Crippen LogP contribution in [0.5, 0.6) is 0 Å². The molecule has 5 heteroatoms. The summed E-state index contributed by atoms with van der Waals surface area (Å²) >= 11 is 6.28. The lowest BCUT2D eigenvalue weighted by Gasteiger charge is -2.33. The summed E-state index contributed by atoms with van der Waals surface area (Å²) in [4.78, 5) is 29.2. The summed E-state index contributed by atoms with van der Waals surface area (Å²) in [5, 5.41) is 0.707. The van der Waals surface area contributed by atoms with Gasteiger partial charge in [0.1, 0.15) is 0 Å². The second kappa shape index (κ2) is 8.49. The van der Waals surface area contributed by atoms with Crippen LogP contribution in [0.3, 0.4) is 0 Å². The molecule has 1 unspecified atom stereocenters. The highest BCUT2D eigenvalue weighted by molar-refractivity contribution is 6.31. The van der Waals surface area contributed by atoms with Crippen molar-refractivity contribution in [3.8, 4) is 0 Å². The smallest absolute Gasteiger partial charge is 0.254 e. The Morgan fingerprint density at radius 3 is 2.77 bits per heavy atom. The molecule has 0 saturated carbocycles. The van der Waals surface area contributed by atoms with Crippen molar-refractivity contribution in [1.82, 2.24) is 9.80 Å². The minimum atomic E-state index is -0.110. The molecule has 154 valence electrons. The van der Waals surface area contributed by atoms with Gasteiger partial charge in [-0.25, -0.2) is 0 Å². The summed E-state index contributed by atoms with van der Waals surface area (Å²) in [6.07, 6.45) is 6.73. The summed E-state index contributed by atoms with van der Waals surface area (Å²) in [7, 11) is 0. The minimum absolute atomic E-state index is 0.0222. The zero-order valence-corrected chi connectivity index (χ0v) is 18.0. The number of hydrogen-bond acceptors (Lipinski definition) is 3. The number of ketones is 1. The van der Waals surface area contributed by atoms with E-state index in [1.807, 2.05) is 71.6 Å². The topological polar surface area (TPSA) is 40.6 Å². The molecule has 1 atom stereocenters. The Morgan fingerprint density at radius 2 is 2.00 bits per heavy atom. The lowest BCUT2D eigenvalue weighted by Crippen LogP contribution is -2.41. The Bertz CT molecular complexity index is 1060. The van der Waals surface area contributed by atoms with Crippen molar-refractivity contribution in [3.05, 3.63) is 93.8 Å². The molecule has 2 aromatic carbocycles. The third kappa shape index (κ3) is 4.19. The maximum absolute atomic E-state index is 13.0. The molecule has 2 aliphatic rings. The summed E-state index contributed by atoms with van der Waals surface area (Å²) < 4.78 is 0. The number of rotatable bonds is 5. The van der Waals surface area contributed by atoms with Gasteiger partial charge in [-0.3, -0.25) is 9.59 Å². The summed E-state index contributed by atoms with van der Waals surface area (Å²) in [6.45, 7) is 5.40. The van der Waals surface area contributed by atoms with E-state index in [0.717, 1.165) is 23.1 Å². The first-order chi connectivity index (χ1) is 14.4. The second-order valence-corrected chi connectivity index (χ2v) is 8.42. The highest BCUT2D eigenvalue weighted by Gasteiger charge is 2.29. The van der Waals surface area contributed by atoms with Crippen LogP contribution in [0.2, 0.25) is 5.02 Å². The van der Waals surface area contributed by atoms with E-state index in [1.54, 1.807) is 6.92 Å². The fraction of sp³-hybridized carbons (Fsp3) is 0.280. The maximum atomic E-state index is 13.0. The van der Waals surface area contributed by atoms with Crippen molar-refractivity contribution < 1.29 is 9.59 Å². The van der Waals surface area contributed by atoms with Crippen LogP contribution < -0.4 is 0 Å². The quantitative estimate of drug-likeness (QED) is 0.699. The first-order valence-electron chi connectivity index (χ1n) is 10.2. The number of carbonyl (C=O) groups is 2. The van der Waals surface area contributed by atoms with E-state index in [9.17, 15) is 9.59 Å². The number of aryl methyl sites for hydroxylation is 1. The van der Waals surface area contributed by atoms with E-state index in [-0.39, 0.29) is 17.6 Å². The van der Waals surface area contributed by atoms with Crippen molar-refractivity contribution in [1.29, 1.82) is 0 Å². The number of amides is 1. The molecule has 2 heterocycles. The fourth-order valence-corrected chi connectivity index (χ4v) is 4.34. The minimum Gasteiger partial charge on any atom is -0.350 e. The average molecular weight is 421 g/mol. The number of halogens is 1. The molecule has 4 nitrogen and oxygen atoms in total. The van der Waals surface area contributed by atoms with Crippen LogP contribution in [0.25, 0.3) is 0 Å². The van der Waals surface area contributed by atoms with Crippen LogP contribution in [0.1, 0.15) is 34.0 Å². The number of hydrogen-bond donors (Lipinski definition) is 0. The van der Waals surface area contributed by atoms with Crippen LogP contribution >= 0.6 is 11.6 Å². The van der Waals surface area contributed by atoms with Gasteiger partial charge in [-0.1, -0.05) is 53.6 Å². The highest BCUT2D eigenvalue weighted by Crippen LogP contribution is 2.27. The molecule has 2 aromatic rings. The molecular formula is C25H25ClN2O2. The number of benzene rings is 2. The predicted molar refractivity (Wildman–Crippen MR) is 119 cm³/mol. The van der Waals surface area contributed by atoms with E-state index >= 15 is 0 Å². The zero-order valence-electron chi connectivity index (χ0n) is 17.3. The zero-order chi connectivity index (χ0) is 21.3. The van der Waals surface area contributed by atoms with Crippen molar-refractivity contribution in [2.75, 3.05) is 13.1 Å². The molecule has 1 amide bonds. The molecule has 4 rings (SSSR count). The van der Waals surface area contributed by atoms with Crippen LogP contribution in [0.15, 0.2) is 66.5 Å². The van der Waals surface area contributed by atoms with Crippen molar-refractivity contribution in [3.63, 3.8) is 0 Å². The van der Waals surface area contributed by atoms with Crippen molar-refractivity contribution in [2.45, 2.75) is 26.8 Å². The van der Waals surface area contributed by atoms with Gasteiger partial charge in [-0.05, 0) is 43.5 Å². The largest absolute Gasteiger partial charge is 0.350 e. The molecule has 0 aromatic heterocycles. The van der Waals surface area contributed by atoms with Gasteiger partial charge in [0.2, 0.25) is 0 Å². The Kier molecular flexibility index (Phi) is 5.78. The van der Waals surface area contributed by atoms with Gasteiger partial charge in [0.15, 0.2) is 5.78 Å². The molecular weight excluding hydrogens is 396 g/mol. The van der Waals surface area contributed by atoms with Crippen LogP contribution in [-0.2, 0) is 17.8 Å². The molecule has 0 saturated heterocycles. The van der Waals surface area contributed by atoms with Crippen LogP contribution in [0, 0.1) is 12.8 Å². The van der Waals surface area contributed by atoms with Crippen LogP contribution in [-0.4, -0.2) is 34.6 Å². The summed E-state index contributed by atoms with van der Waals surface area (Å²) in [6, 6.07) is 13.7. The fourth-order valence-electron chi connectivity index (χ4n) is 4.15. The van der Waals surface area contributed by atoms with Crippen molar-refractivity contribution in [2.24, 2.45) is 5.92 Å². The maximum Gasteiger partial charge on any atom is 0.254 e. The lowest BCUT2D eigenvalue weighted by molar-refractivity contribution is -0.114. The molecule has 0 N–H and O–H groups in total. The third-order valence-electron chi connectivity index (χ3n) is 5.78. The van der Waals surface area contributed by atoms with Gasteiger partial charge < -0.3 is 9.80 Å². The second-order valence-electron chi connectivity index (χ2n) is 8.01. The van der Waals surface area contributed by atoms with Crippen molar-refractivity contribution >= 4 is 23.3 Å². The number of fused-ring (bicyclic) bond motifs is 1. The van der Waals surface area contributed by atoms with Gasteiger partial charge in [0.25, 0.3) is 5.91 Å². The molecule has 0 aliphatic carbocycles. The van der Waals surface area contributed by atoms with Gasteiger partial charge in [-0.15, -0.1) is 0 Å². The summed E-state index contributed by atoms with van der Waals surface area (Å²) in [5.41, 5.74) is 4.78. The van der Waals surface area contributed by atoms with Gasteiger partial charge in [0, 0.05) is 54.1 Å². The first kappa shape index (κ1) is 20.4. The normalized spacial score (nSPS) is 18.3. The van der Waals surface area contributed by atoms with E-state index in [4.69, 9.17) is 11.6 Å². The van der Waals surface area contributed by atoms with E-state index < -0.39 is 0 Å². The monoisotopic (exact) mass is 420 g/mol. The summed E-state index contributed by atoms with van der Waals surface area (Å²) in [5.74, 6) is -0.0408. The van der Waals surface area contributed by atoms with E-state index in [1.165, 1.54) is 5.56 Å². The Balaban J connectivity index is 1.50. The first-order valence-corrected chi connectivity index (χ1v) is 10.6. The standard InChI is InChI=1S/C25H25ClN2O2/c1-17-7-8-22-19(13-17)10-12-28(25(22)30)15-20-9-11-27(16-23(20)18(2)29)14-21-5-3-4-6-24(21)26/h3-9,11,13,16,20H,10,12,14-15H2,1-2H3. The molecule has 0 radical (unpaired) electrons. The van der Waals surface area contributed by atoms with Gasteiger partial charge in [0.05, 0.1) is 0 Å². The Hall–Kier alpha value is -2.85. The Labute approximate surface area is 182 Å². The van der Waals surface area contributed by atoms with E-state index in [2.05, 4.69) is 6.07 Å². The number of carbonyl (C=O) groups excluding carboxylic acids is 2. The SMILES string of the molecule is CC(=O)C1=CN(Cc2ccccc2Cl)C=CC1CN1CCc2cc(C)ccc2C1=O. The average Bonchev–Trinajstić information content (AvgIpc) is 2.72. The Morgan fingerprint density at radius 1 is 1.20 bits per heavy atom. The third-order valence-corrected chi connectivity index (χ3v) is 6.15. The molecule has 2 aliphatic heterocycles. The number of nitrogens with zero attached hydrogens (tertiary/aromatic N) is 2.